The van der Waals surface area contributed by atoms with Crippen LogP contribution in [0.4, 0.5) is 0 Å². The Labute approximate surface area is 335 Å². The van der Waals surface area contributed by atoms with E-state index in [1.165, 1.54) is 79.1 Å². The highest BCUT2D eigenvalue weighted by Crippen LogP contribution is 2.54. The number of aliphatic hydroxyl groups is 4. The molecule has 0 aliphatic carbocycles. The number of hydrogen-bond acceptors (Lipinski definition) is 16. The average molecular weight is 811 g/mol. The van der Waals surface area contributed by atoms with Crippen LogP contribution in [0.1, 0.15) is 46.7 Å². The van der Waals surface area contributed by atoms with E-state index in [1.807, 2.05) is 0 Å². The average Bonchev–Trinajstić information content (AvgIpc) is 3.87. The number of hydrogen-bond donors (Lipinski definition) is 6. The van der Waals surface area contributed by atoms with Crippen LogP contribution in [0.15, 0.2) is 60.7 Å². The zero-order valence-corrected chi connectivity index (χ0v) is 33.0. The van der Waals surface area contributed by atoms with Crippen molar-refractivity contribution >= 4 is 0 Å². The van der Waals surface area contributed by atoms with Gasteiger partial charge in [-0.3, -0.25) is 0 Å². The van der Waals surface area contributed by atoms with Gasteiger partial charge in [0.05, 0.1) is 81.3 Å². The Balaban J connectivity index is 1.22. The molecule has 0 amide bonds. The topological polar surface area (TPSA) is 214 Å². The second-order valence-corrected chi connectivity index (χ2v) is 13.8. The van der Waals surface area contributed by atoms with Crippen molar-refractivity contribution in [2.24, 2.45) is 11.8 Å². The first-order valence-electron chi connectivity index (χ1n) is 18.4. The number of phenols is 2. The molecule has 6 N–H and O–H groups in total. The van der Waals surface area contributed by atoms with Crippen molar-refractivity contribution in [1.82, 2.24) is 0 Å². The van der Waals surface area contributed by atoms with E-state index in [1.54, 1.807) is 24.3 Å². The Kier molecular flexibility index (Phi) is 13.5. The lowest BCUT2D eigenvalue weighted by atomic mass is 9.84. The number of aromatic hydroxyl groups is 2. The van der Waals surface area contributed by atoms with Crippen molar-refractivity contribution in [2.45, 2.75) is 36.6 Å². The molecular weight excluding hydrogens is 760 g/mol. The number of phenolic OH excluding ortho intramolecular Hbond substituents is 2. The van der Waals surface area contributed by atoms with Crippen LogP contribution >= 0.6 is 0 Å². The Bertz CT molecular complexity index is 1830. The summed E-state index contributed by atoms with van der Waals surface area (Å²) in [6, 6.07) is 15.7. The van der Waals surface area contributed by atoms with E-state index >= 15 is 0 Å². The van der Waals surface area contributed by atoms with Crippen molar-refractivity contribution < 1.29 is 78.0 Å². The first-order chi connectivity index (χ1) is 28.0. The summed E-state index contributed by atoms with van der Waals surface area (Å²) < 4.78 is 58.4. The lowest BCUT2D eigenvalue weighted by Gasteiger charge is -2.26. The van der Waals surface area contributed by atoms with Crippen LogP contribution in [-0.4, -0.2) is 112 Å². The van der Waals surface area contributed by atoms with Crippen molar-refractivity contribution in [1.29, 1.82) is 0 Å². The zero-order chi connectivity index (χ0) is 41.7. The minimum atomic E-state index is -1.31. The van der Waals surface area contributed by atoms with Gasteiger partial charge in [-0.15, -0.1) is 0 Å². The maximum absolute atomic E-state index is 11.2. The van der Waals surface area contributed by atoms with E-state index < -0.39 is 49.8 Å². The van der Waals surface area contributed by atoms with Gasteiger partial charge >= 0.3 is 0 Å². The van der Waals surface area contributed by atoms with Crippen LogP contribution in [0.25, 0.3) is 0 Å². The lowest BCUT2D eigenvalue weighted by Crippen LogP contribution is -2.29. The molecule has 4 aromatic rings. The van der Waals surface area contributed by atoms with Gasteiger partial charge in [0.15, 0.2) is 58.2 Å². The number of methoxy groups -OCH3 is 6. The third-order valence-electron chi connectivity index (χ3n) is 10.6. The molecule has 0 radical (unpaired) electrons. The van der Waals surface area contributed by atoms with E-state index in [-0.39, 0.29) is 69.3 Å². The first-order valence-corrected chi connectivity index (χ1v) is 18.4. The Morgan fingerprint density at radius 2 is 0.845 bits per heavy atom. The largest absolute Gasteiger partial charge is 0.504 e. The molecule has 4 aromatic carbocycles. The monoisotopic (exact) mass is 810 g/mol. The predicted molar refractivity (Wildman–Crippen MR) is 206 cm³/mol. The first kappa shape index (κ1) is 42.3. The molecule has 16 nitrogen and oxygen atoms in total. The number of fused-ring (bicyclic) bond motifs is 1. The Morgan fingerprint density at radius 1 is 0.517 bits per heavy atom. The third-order valence-corrected chi connectivity index (χ3v) is 10.6. The van der Waals surface area contributed by atoms with E-state index in [0.717, 1.165) is 11.1 Å². The minimum absolute atomic E-state index is 0.0909. The summed E-state index contributed by atoms with van der Waals surface area (Å²) in [5.41, 5.74) is 2.17. The molecule has 0 unspecified atom stereocenters. The highest BCUT2D eigenvalue weighted by Gasteiger charge is 2.49. The fourth-order valence-corrected chi connectivity index (χ4v) is 7.49. The van der Waals surface area contributed by atoms with E-state index in [2.05, 4.69) is 0 Å². The second-order valence-electron chi connectivity index (χ2n) is 13.8. The highest BCUT2D eigenvalue weighted by molar-refractivity contribution is 5.56. The zero-order valence-electron chi connectivity index (χ0n) is 33.0. The van der Waals surface area contributed by atoms with Gasteiger partial charge in [0.2, 0.25) is 11.5 Å². The van der Waals surface area contributed by atoms with Crippen LogP contribution in [0.2, 0.25) is 0 Å². The molecule has 314 valence electrons. The van der Waals surface area contributed by atoms with E-state index in [9.17, 15) is 30.6 Å². The number of benzene rings is 4. The van der Waals surface area contributed by atoms with Crippen LogP contribution in [-0.2, 0) is 9.47 Å². The molecule has 0 spiro atoms. The van der Waals surface area contributed by atoms with Crippen molar-refractivity contribution in [3.63, 3.8) is 0 Å². The summed E-state index contributed by atoms with van der Waals surface area (Å²) in [4.78, 5) is 0. The van der Waals surface area contributed by atoms with E-state index in [0.29, 0.717) is 24.3 Å². The summed E-state index contributed by atoms with van der Waals surface area (Å²) in [7, 11) is 8.65. The van der Waals surface area contributed by atoms with Gasteiger partial charge < -0.3 is 78.0 Å². The standard InChI is InChI=1S/C42H50O16/c1-49-29-11-21(7-9-27(29)45)37(47)35(17-43)57-41-31(51-3)13-23(14-32(41)52-4)39-25-19-56-40(26(25)20-55-39)24-15-33(53-5)42(34(16-24)54-6)58-36(18-44)38(48)22-8-10-28(46)30(12-22)50-2/h7-16,25-26,35-40,43-48H,17-20H2,1-6H3/t25-,26-,35-,36-,37-,38+,39+,40+/m0/s1. The van der Waals surface area contributed by atoms with Gasteiger partial charge in [0.25, 0.3) is 0 Å². The van der Waals surface area contributed by atoms with Crippen LogP contribution in [0.3, 0.4) is 0 Å². The Morgan fingerprint density at radius 3 is 1.14 bits per heavy atom. The fraction of sp³-hybridized carbons (Fsp3) is 0.429. The smallest absolute Gasteiger partial charge is 0.204 e. The minimum Gasteiger partial charge on any atom is -0.504 e. The molecule has 2 aliphatic heterocycles. The van der Waals surface area contributed by atoms with Crippen molar-refractivity contribution in [3.8, 4) is 57.5 Å². The van der Waals surface area contributed by atoms with Gasteiger partial charge in [0, 0.05) is 11.8 Å². The molecule has 6 rings (SSSR count). The highest BCUT2D eigenvalue weighted by atomic mass is 16.6. The van der Waals surface area contributed by atoms with Gasteiger partial charge in [-0.25, -0.2) is 0 Å². The summed E-state index contributed by atoms with van der Waals surface area (Å²) in [5.74, 6) is 1.38. The number of aliphatic hydroxyl groups excluding tert-OH is 4. The molecular formula is C42H50O16. The number of ether oxygens (including phenoxy) is 10. The van der Waals surface area contributed by atoms with Gasteiger partial charge in [-0.1, -0.05) is 12.1 Å². The Hall–Kier alpha value is -5.36. The normalized spacial score (nSPS) is 20.7. The van der Waals surface area contributed by atoms with Crippen molar-refractivity contribution in [2.75, 3.05) is 69.1 Å². The maximum Gasteiger partial charge on any atom is 0.204 e. The predicted octanol–water partition coefficient (Wildman–Crippen LogP) is 4.17. The van der Waals surface area contributed by atoms with E-state index in [4.69, 9.17) is 47.4 Å². The van der Waals surface area contributed by atoms with Crippen molar-refractivity contribution in [3.05, 3.63) is 82.9 Å². The van der Waals surface area contributed by atoms with Crippen LogP contribution in [0.5, 0.6) is 57.5 Å². The van der Waals surface area contributed by atoms with Gasteiger partial charge in [0.1, 0.15) is 12.2 Å². The summed E-state index contributed by atoms with van der Waals surface area (Å²) in [6.07, 6.45) is -5.76. The molecule has 58 heavy (non-hydrogen) atoms. The molecule has 2 fully saturated rings. The quantitative estimate of drug-likeness (QED) is 0.0832. The molecule has 2 aliphatic rings. The summed E-state index contributed by atoms with van der Waals surface area (Å²) in [6.45, 7) is -0.408. The maximum atomic E-state index is 11.2. The second kappa shape index (κ2) is 18.5. The summed E-state index contributed by atoms with van der Waals surface area (Å²) >= 11 is 0. The molecule has 8 atom stereocenters. The summed E-state index contributed by atoms with van der Waals surface area (Å²) in [5, 5.41) is 62.8. The van der Waals surface area contributed by atoms with Gasteiger partial charge in [-0.2, -0.15) is 0 Å². The van der Waals surface area contributed by atoms with Crippen LogP contribution < -0.4 is 37.9 Å². The molecule has 2 heterocycles. The molecule has 0 saturated carbocycles. The molecule has 0 aromatic heterocycles. The fourth-order valence-electron chi connectivity index (χ4n) is 7.49. The van der Waals surface area contributed by atoms with Gasteiger partial charge in [-0.05, 0) is 70.8 Å². The molecule has 2 saturated heterocycles. The SMILES string of the molecule is COc1cc([C@@H](O)[C@H](CO)Oc2c(OC)cc([C@H]3OC[C@H]4[C@@H]3CO[C@@H]4c3cc(OC)c(O[C@@H](CO)[C@@H](O)c4ccc(O)c(OC)c4)c(OC)c3)cc2OC)ccc1O. The molecule has 0 bridgehead atoms. The lowest BCUT2D eigenvalue weighted by molar-refractivity contribution is -0.00205. The molecule has 16 heteroatoms. The number of rotatable bonds is 18. The third kappa shape index (κ3) is 8.30. The van der Waals surface area contributed by atoms with Crippen LogP contribution in [0, 0.1) is 11.8 Å².